The summed E-state index contributed by atoms with van der Waals surface area (Å²) >= 11 is 0. The second-order valence-electron chi connectivity index (χ2n) is 8.84. The van der Waals surface area contributed by atoms with Gasteiger partial charge in [-0.2, -0.15) is 0 Å². The molecule has 1 fully saturated rings. The molecule has 0 atom stereocenters. The number of carbonyl (C=O) groups excluding carboxylic acids is 2. The zero-order valence-corrected chi connectivity index (χ0v) is 17.9. The number of carbonyl (C=O) groups is 2. The summed E-state index contributed by atoms with van der Waals surface area (Å²) in [6.07, 6.45) is 2.36. The summed E-state index contributed by atoms with van der Waals surface area (Å²) in [6.45, 7) is 8.94. The molecule has 3 rings (SSSR count). The minimum absolute atomic E-state index is 0.0571. The first-order chi connectivity index (χ1) is 13.8. The average molecular weight is 393 g/mol. The van der Waals surface area contributed by atoms with Gasteiger partial charge in [0, 0.05) is 38.2 Å². The van der Waals surface area contributed by atoms with Gasteiger partial charge in [0.25, 0.3) is 5.91 Å². The van der Waals surface area contributed by atoms with Crippen LogP contribution in [0, 0.1) is 0 Å². The van der Waals surface area contributed by atoms with Crippen LogP contribution < -0.4 is 0 Å². The normalized spacial score (nSPS) is 14.7. The molecule has 0 N–H and O–H groups in total. The molecule has 29 heavy (non-hydrogen) atoms. The Balaban J connectivity index is 1.45. The molecule has 0 bridgehead atoms. The van der Waals surface area contributed by atoms with Gasteiger partial charge in [0.15, 0.2) is 0 Å². The Hall–Kier alpha value is -2.62. The van der Waals surface area contributed by atoms with E-state index >= 15 is 0 Å². The highest BCUT2D eigenvalue weighted by Gasteiger charge is 2.25. The molecule has 1 aliphatic rings. The van der Waals surface area contributed by atoms with Gasteiger partial charge in [-0.1, -0.05) is 63.2 Å². The van der Waals surface area contributed by atoms with Gasteiger partial charge in [0.1, 0.15) is 0 Å². The van der Waals surface area contributed by atoms with E-state index in [-0.39, 0.29) is 17.2 Å². The third-order valence-corrected chi connectivity index (χ3v) is 5.62. The summed E-state index contributed by atoms with van der Waals surface area (Å²) in [5, 5.41) is 0. The molecule has 0 aliphatic carbocycles. The Morgan fingerprint density at radius 1 is 0.828 bits per heavy atom. The van der Waals surface area contributed by atoms with Gasteiger partial charge in [0.05, 0.1) is 0 Å². The number of hydrogen-bond donors (Lipinski definition) is 0. The second-order valence-corrected chi connectivity index (χ2v) is 8.84. The van der Waals surface area contributed by atoms with Gasteiger partial charge < -0.3 is 9.80 Å². The minimum Gasteiger partial charge on any atom is -0.339 e. The van der Waals surface area contributed by atoms with E-state index in [1.165, 1.54) is 11.1 Å². The lowest BCUT2D eigenvalue weighted by atomic mass is 9.86. The summed E-state index contributed by atoms with van der Waals surface area (Å²) in [6, 6.07) is 18.2. The van der Waals surface area contributed by atoms with Crippen molar-refractivity contribution in [2.75, 3.05) is 26.2 Å². The predicted octanol–water partition coefficient (Wildman–Crippen LogP) is 4.29. The van der Waals surface area contributed by atoms with Gasteiger partial charge in [-0.15, -0.1) is 0 Å². The first-order valence-corrected chi connectivity index (χ1v) is 10.6. The number of piperazine rings is 1. The van der Waals surface area contributed by atoms with Crippen LogP contribution in [0.15, 0.2) is 54.6 Å². The standard InChI is InChI=1S/C25H32N2O2/c1-25(2,3)22-14-12-21(13-15-22)24(29)27-18-16-26(17-19-27)23(28)11-7-10-20-8-5-4-6-9-20/h4-6,8-9,12-15H,7,10-11,16-19H2,1-3H3. The monoisotopic (exact) mass is 392 g/mol. The van der Waals surface area contributed by atoms with Crippen LogP contribution in [0.4, 0.5) is 0 Å². The van der Waals surface area contributed by atoms with E-state index in [0.717, 1.165) is 18.4 Å². The van der Waals surface area contributed by atoms with Crippen LogP contribution in [-0.4, -0.2) is 47.8 Å². The van der Waals surface area contributed by atoms with Crippen molar-refractivity contribution in [1.82, 2.24) is 9.80 Å². The van der Waals surface area contributed by atoms with E-state index < -0.39 is 0 Å². The van der Waals surface area contributed by atoms with E-state index in [4.69, 9.17) is 0 Å². The van der Waals surface area contributed by atoms with Crippen LogP contribution in [0.1, 0.15) is 55.1 Å². The molecule has 2 amide bonds. The lowest BCUT2D eigenvalue weighted by molar-refractivity contribution is -0.132. The molecule has 0 unspecified atom stereocenters. The van der Waals surface area contributed by atoms with Gasteiger partial charge in [0.2, 0.25) is 5.91 Å². The van der Waals surface area contributed by atoms with Gasteiger partial charge >= 0.3 is 0 Å². The molecule has 4 nitrogen and oxygen atoms in total. The Kier molecular flexibility index (Phi) is 6.73. The van der Waals surface area contributed by atoms with Crippen LogP contribution in [0.2, 0.25) is 0 Å². The summed E-state index contributed by atoms with van der Waals surface area (Å²) in [5.74, 6) is 0.254. The largest absolute Gasteiger partial charge is 0.339 e. The fourth-order valence-corrected chi connectivity index (χ4v) is 3.70. The van der Waals surface area contributed by atoms with Crippen LogP contribution in [0.5, 0.6) is 0 Å². The Morgan fingerprint density at radius 3 is 2.00 bits per heavy atom. The van der Waals surface area contributed by atoms with Crippen LogP contribution in [-0.2, 0) is 16.6 Å². The molecule has 0 radical (unpaired) electrons. The maximum atomic E-state index is 12.8. The van der Waals surface area contributed by atoms with Crippen molar-refractivity contribution in [1.29, 1.82) is 0 Å². The summed E-state index contributed by atoms with van der Waals surface area (Å²) in [5.41, 5.74) is 3.29. The molecule has 4 heteroatoms. The molecular formula is C25H32N2O2. The van der Waals surface area contributed by atoms with Gasteiger partial charge in [-0.05, 0) is 41.5 Å². The molecule has 154 valence electrons. The van der Waals surface area contributed by atoms with Crippen molar-refractivity contribution in [3.8, 4) is 0 Å². The number of hydrogen-bond acceptors (Lipinski definition) is 2. The predicted molar refractivity (Wildman–Crippen MR) is 117 cm³/mol. The fourth-order valence-electron chi connectivity index (χ4n) is 3.70. The first-order valence-electron chi connectivity index (χ1n) is 10.6. The van der Waals surface area contributed by atoms with Crippen molar-refractivity contribution in [2.24, 2.45) is 0 Å². The molecule has 1 heterocycles. The van der Waals surface area contributed by atoms with Crippen molar-refractivity contribution < 1.29 is 9.59 Å². The zero-order valence-electron chi connectivity index (χ0n) is 17.9. The number of aryl methyl sites for hydroxylation is 1. The third kappa shape index (κ3) is 5.69. The van der Waals surface area contributed by atoms with E-state index in [9.17, 15) is 9.59 Å². The molecular weight excluding hydrogens is 360 g/mol. The number of rotatable bonds is 5. The third-order valence-electron chi connectivity index (χ3n) is 5.62. The van der Waals surface area contributed by atoms with Crippen molar-refractivity contribution in [3.63, 3.8) is 0 Å². The van der Waals surface area contributed by atoms with Crippen LogP contribution in [0.3, 0.4) is 0 Å². The molecule has 0 saturated carbocycles. The molecule has 0 spiro atoms. The van der Waals surface area contributed by atoms with Gasteiger partial charge in [-0.3, -0.25) is 9.59 Å². The molecule has 2 aromatic rings. The summed E-state index contributed by atoms with van der Waals surface area (Å²) < 4.78 is 0. The van der Waals surface area contributed by atoms with Crippen molar-refractivity contribution in [2.45, 2.75) is 45.4 Å². The molecule has 1 saturated heterocycles. The van der Waals surface area contributed by atoms with Crippen molar-refractivity contribution in [3.05, 3.63) is 71.3 Å². The smallest absolute Gasteiger partial charge is 0.253 e. The lowest BCUT2D eigenvalue weighted by Gasteiger charge is -2.35. The van der Waals surface area contributed by atoms with E-state index in [1.807, 2.05) is 52.3 Å². The number of amides is 2. The Bertz CT molecular complexity index is 814. The SMILES string of the molecule is CC(C)(C)c1ccc(C(=O)N2CCN(C(=O)CCCc3ccccc3)CC2)cc1. The first kappa shape index (κ1) is 21.1. The van der Waals surface area contributed by atoms with Gasteiger partial charge in [-0.25, -0.2) is 0 Å². The second kappa shape index (κ2) is 9.25. The summed E-state index contributed by atoms with van der Waals surface area (Å²) in [7, 11) is 0. The van der Waals surface area contributed by atoms with E-state index in [2.05, 4.69) is 32.9 Å². The van der Waals surface area contributed by atoms with Crippen LogP contribution >= 0.6 is 0 Å². The number of nitrogens with zero attached hydrogens (tertiary/aromatic N) is 2. The lowest BCUT2D eigenvalue weighted by Crippen LogP contribution is -2.50. The fraction of sp³-hybridized carbons (Fsp3) is 0.440. The highest BCUT2D eigenvalue weighted by molar-refractivity contribution is 5.94. The topological polar surface area (TPSA) is 40.6 Å². The van der Waals surface area contributed by atoms with E-state index in [0.29, 0.717) is 32.6 Å². The average Bonchev–Trinajstić information content (AvgIpc) is 2.73. The quantitative estimate of drug-likeness (QED) is 0.762. The van der Waals surface area contributed by atoms with Crippen molar-refractivity contribution >= 4 is 11.8 Å². The zero-order chi connectivity index (χ0) is 20.9. The minimum atomic E-state index is 0.0571. The molecule has 2 aromatic carbocycles. The molecule has 0 aromatic heterocycles. The number of benzene rings is 2. The highest BCUT2D eigenvalue weighted by atomic mass is 16.2. The van der Waals surface area contributed by atoms with E-state index in [1.54, 1.807) is 0 Å². The Labute approximate surface area is 174 Å². The van der Waals surface area contributed by atoms with Crippen LogP contribution in [0.25, 0.3) is 0 Å². The Morgan fingerprint density at radius 2 is 1.41 bits per heavy atom. The highest BCUT2D eigenvalue weighted by Crippen LogP contribution is 2.22. The molecule has 1 aliphatic heterocycles. The maximum Gasteiger partial charge on any atom is 0.253 e. The maximum absolute atomic E-state index is 12.8. The summed E-state index contributed by atoms with van der Waals surface area (Å²) in [4.78, 5) is 29.0.